The van der Waals surface area contributed by atoms with Gasteiger partial charge in [-0.2, -0.15) is 0 Å². The van der Waals surface area contributed by atoms with Gasteiger partial charge in [0.25, 0.3) is 0 Å². The topological polar surface area (TPSA) is 86.8 Å². The summed E-state index contributed by atoms with van der Waals surface area (Å²) in [6, 6.07) is 15.7. The summed E-state index contributed by atoms with van der Waals surface area (Å²) in [6.07, 6.45) is 1.61. The molecule has 180 valence electrons. The van der Waals surface area contributed by atoms with E-state index in [1.165, 1.54) is 4.90 Å². The molecule has 0 aliphatic rings. The number of nitrogens with one attached hydrogen (secondary N) is 1. The smallest absolute Gasteiger partial charge is 0.244 e. The summed E-state index contributed by atoms with van der Waals surface area (Å²) in [5.41, 5.74) is 1.40. The number of amides is 2. The van der Waals surface area contributed by atoms with Gasteiger partial charge in [-0.25, -0.2) is 8.42 Å². The number of rotatable bonds is 11. The van der Waals surface area contributed by atoms with E-state index in [4.69, 9.17) is 0 Å². The van der Waals surface area contributed by atoms with Gasteiger partial charge in [0.1, 0.15) is 12.6 Å². The molecule has 1 atom stereocenters. The predicted octanol–water partition coefficient (Wildman–Crippen LogP) is 3.45. The van der Waals surface area contributed by atoms with E-state index in [0.29, 0.717) is 23.1 Å². The molecule has 33 heavy (non-hydrogen) atoms. The third-order valence-electron chi connectivity index (χ3n) is 5.11. The maximum Gasteiger partial charge on any atom is 0.244 e. The Morgan fingerprint density at radius 2 is 1.70 bits per heavy atom. The zero-order chi connectivity index (χ0) is 24.6. The predicted molar refractivity (Wildman–Crippen MR) is 136 cm³/mol. The Labute approximate surface area is 205 Å². The van der Waals surface area contributed by atoms with E-state index in [-0.39, 0.29) is 18.4 Å². The highest BCUT2D eigenvalue weighted by atomic mass is 79.9. The van der Waals surface area contributed by atoms with E-state index in [1.54, 1.807) is 31.2 Å². The van der Waals surface area contributed by atoms with Crippen molar-refractivity contribution in [1.29, 1.82) is 0 Å². The average Bonchev–Trinajstić information content (AvgIpc) is 2.75. The minimum Gasteiger partial charge on any atom is -0.354 e. The first-order chi connectivity index (χ1) is 15.5. The van der Waals surface area contributed by atoms with Crippen molar-refractivity contribution in [2.24, 2.45) is 5.92 Å². The van der Waals surface area contributed by atoms with Crippen molar-refractivity contribution in [3.05, 3.63) is 64.6 Å². The summed E-state index contributed by atoms with van der Waals surface area (Å²) in [5, 5.41) is 2.87. The molecule has 0 saturated heterocycles. The Bertz CT molecular complexity index is 1040. The van der Waals surface area contributed by atoms with Crippen LogP contribution in [-0.4, -0.2) is 57.1 Å². The molecule has 0 aliphatic carbocycles. The molecular formula is C24H32BrN3O4S. The highest BCUT2D eigenvalue weighted by molar-refractivity contribution is 9.10. The van der Waals surface area contributed by atoms with E-state index >= 15 is 0 Å². The molecule has 0 fully saturated rings. The van der Waals surface area contributed by atoms with E-state index in [1.807, 2.05) is 44.2 Å². The third kappa shape index (κ3) is 8.47. The minimum absolute atomic E-state index is 0.265. The molecule has 1 N–H and O–H groups in total. The quantitative estimate of drug-likeness (QED) is 0.475. The third-order valence-corrected chi connectivity index (χ3v) is 6.75. The second kappa shape index (κ2) is 12.2. The molecular weight excluding hydrogens is 506 g/mol. The van der Waals surface area contributed by atoms with Crippen molar-refractivity contribution >= 4 is 43.5 Å². The summed E-state index contributed by atoms with van der Waals surface area (Å²) in [6.45, 7) is 6.04. The number of anilines is 1. The molecule has 2 rings (SSSR count). The number of hydrogen-bond donors (Lipinski definition) is 1. The first-order valence-electron chi connectivity index (χ1n) is 10.8. The van der Waals surface area contributed by atoms with Gasteiger partial charge in [-0.1, -0.05) is 66.2 Å². The van der Waals surface area contributed by atoms with Gasteiger partial charge in [-0.3, -0.25) is 13.9 Å². The van der Waals surface area contributed by atoms with E-state index in [0.717, 1.165) is 16.1 Å². The molecule has 0 heterocycles. The normalized spacial score (nSPS) is 12.3. The lowest BCUT2D eigenvalue weighted by Crippen LogP contribution is -2.52. The first-order valence-corrected chi connectivity index (χ1v) is 13.5. The lowest BCUT2D eigenvalue weighted by Gasteiger charge is -2.31. The Balaban J connectivity index is 2.28. The van der Waals surface area contributed by atoms with E-state index in [9.17, 15) is 18.0 Å². The van der Waals surface area contributed by atoms with Gasteiger partial charge in [-0.05, 0) is 43.0 Å². The summed E-state index contributed by atoms with van der Waals surface area (Å²) >= 11 is 3.34. The average molecular weight is 539 g/mol. The van der Waals surface area contributed by atoms with Crippen molar-refractivity contribution in [3.63, 3.8) is 0 Å². The molecule has 0 spiro atoms. The molecule has 9 heteroatoms. The SMILES string of the molecule is CC(C)CNC(=O)[C@@H](C)N(CCc1ccccc1)C(=O)CN(c1cccc(Br)c1)S(C)(=O)=O. The van der Waals surface area contributed by atoms with E-state index in [2.05, 4.69) is 21.2 Å². The van der Waals surface area contributed by atoms with Crippen LogP contribution in [0, 0.1) is 5.92 Å². The molecule has 2 aromatic rings. The Kier molecular flexibility index (Phi) is 9.91. The highest BCUT2D eigenvalue weighted by Crippen LogP contribution is 2.22. The molecule has 0 saturated carbocycles. The van der Waals surface area contributed by atoms with Gasteiger partial charge in [0.05, 0.1) is 11.9 Å². The van der Waals surface area contributed by atoms with Gasteiger partial charge < -0.3 is 10.2 Å². The maximum atomic E-state index is 13.4. The van der Waals surface area contributed by atoms with Crippen molar-refractivity contribution in [2.75, 3.05) is 30.2 Å². The number of halogens is 1. The van der Waals surface area contributed by atoms with Crippen LogP contribution >= 0.6 is 15.9 Å². The highest BCUT2D eigenvalue weighted by Gasteiger charge is 2.29. The fourth-order valence-electron chi connectivity index (χ4n) is 3.27. The molecule has 0 aromatic heterocycles. The van der Waals surface area contributed by atoms with Crippen LogP contribution in [0.3, 0.4) is 0 Å². The molecule has 2 aromatic carbocycles. The first kappa shape index (κ1) is 26.9. The number of carbonyl (C=O) groups is 2. The number of hydrogen-bond acceptors (Lipinski definition) is 4. The fourth-order valence-corrected chi connectivity index (χ4v) is 4.50. The lowest BCUT2D eigenvalue weighted by atomic mass is 10.1. The van der Waals surface area contributed by atoms with Gasteiger partial charge in [0.2, 0.25) is 21.8 Å². The Morgan fingerprint density at radius 3 is 2.27 bits per heavy atom. The van der Waals surface area contributed by atoms with Crippen LogP contribution in [0.15, 0.2) is 59.1 Å². The largest absolute Gasteiger partial charge is 0.354 e. The maximum absolute atomic E-state index is 13.4. The number of nitrogens with zero attached hydrogens (tertiary/aromatic N) is 2. The van der Waals surface area contributed by atoms with Gasteiger partial charge in [0.15, 0.2) is 0 Å². The molecule has 0 bridgehead atoms. The van der Waals surface area contributed by atoms with Crippen LogP contribution in [0.25, 0.3) is 0 Å². The van der Waals surface area contributed by atoms with Crippen molar-refractivity contribution in [3.8, 4) is 0 Å². The number of sulfonamides is 1. The second-order valence-corrected chi connectivity index (χ2v) is 11.2. The van der Waals surface area contributed by atoms with Crippen LogP contribution in [0.2, 0.25) is 0 Å². The molecule has 0 unspecified atom stereocenters. The van der Waals surface area contributed by atoms with Crippen LogP contribution < -0.4 is 9.62 Å². The zero-order valence-electron chi connectivity index (χ0n) is 19.5. The Morgan fingerprint density at radius 1 is 1.03 bits per heavy atom. The zero-order valence-corrected chi connectivity index (χ0v) is 21.9. The fraction of sp³-hybridized carbons (Fsp3) is 0.417. The van der Waals surface area contributed by atoms with Crippen LogP contribution in [0.4, 0.5) is 5.69 Å². The minimum atomic E-state index is -3.73. The van der Waals surface area contributed by atoms with Crippen molar-refractivity contribution in [2.45, 2.75) is 33.2 Å². The standard InChI is InChI=1S/C24H32BrN3O4S/c1-18(2)16-26-24(30)19(3)27(14-13-20-9-6-5-7-10-20)23(29)17-28(33(4,31)32)22-12-8-11-21(25)15-22/h5-12,15,18-19H,13-14,16-17H2,1-4H3,(H,26,30)/t19-/m1/s1. The molecule has 2 amide bonds. The molecule has 0 radical (unpaired) electrons. The van der Waals surface area contributed by atoms with Crippen LogP contribution in [0.5, 0.6) is 0 Å². The van der Waals surface area contributed by atoms with Crippen molar-refractivity contribution < 1.29 is 18.0 Å². The summed E-state index contributed by atoms with van der Waals surface area (Å²) < 4.78 is 26.8. The van der Waals surface area contributed by atoms with E-state index < -0.39 is 28.5 Å². The van der Waals surface area contributed by atoms with Gasteiger partial charge in [0, 0.05) is 17.6 Å². The molecule has 0 aliphatic heterocycles. The summed E-state index contributed by atoms with van der Waals surface area (Å²) in [5.74, 6) is -0.436. The van der Waals surface area contributed by atoms with Crippen molar-refractivity contribution in [1.82, 2.24) is 10.2 Å². The van der Waals surface area contributed by atoms with Crippen LogP contribution in [-0.2, 0) is 26.0 Å². The number of carbonyl (C=O) groups excluding carboxylic acids is 2. The molecule has 7 nitrogen and oxygen atoms in total. The number of benzene rings is 2. The van der Waals surface area contributed by atoms with Gasteiger partial charge in [-0.15, -0.1) is 0 Å². The second-order valence-electron chi connectivity index (χ2n) is 8.39. The van der Waals surface area contributed by atoms with Crippen LogP contribution in [0.1, 0.15) is 26.3 Å². The summed E-state index contributed by atoms with van der Waals surface area (Å²) in [4.78, 5) is 27.6. The Hall–Kier alpha value is -2.39. The van der Waals surface area contributed by atoms with Gasteiger partial charge >= 0.3 is 0 Å². The lowest BCUT2D eigenvalue weighted by molar-refractivity contribution is -0.138. The summed E-state index contributed by atoms with van der Waals surface area (Å²) in [7, 11) is -3.73. The monoisotopic (exact) mass is 537 g/mol.